The molecule has 1 aliphatic heterocycles. The normalized spacial score (nSPS) is 15.4. The molecule has 0 atom stereocenters. The predicted molar refractivity (Wildman–Crippen MR) is 112 cm³/mol. The molecule has 3 aromatic heterocycles. The Hall–Kier alpha value is -2.86. The molecule has 1 fully saturated rings. The Balaban J connectivity index is 1.45. The minimum Gasteiger partial charge on any atom is -0.347 e. The molecule has 4 aromatic rings. The Kier molecular flexibility index (Phi) is 4.74. The largest absolute Gasteiger partial charge is 0.347 e. The van der Waals surface area contributed by atoms with E-state index in [0.29, 0.717) is 28.9 Å². The summed E-state index contributed by atoms with van der Waals surface area (Å²) in [6.07, 6.45) is 1.66. The van der Waals surface area contributed by atoms with Crippen molar-refractivity contribution in [1.82, 2.24) is 34.4 Å². The van der Waals surface area contributed by atoms with Gasteiger partial charge in [-0.3, -0.25) is 0 Å². The molecule has 30 heavy (non-hydrogen) atoms. The van der Waals surface area contributed by atoms with Gasteiger partial charge in [0.15, 0.2) is 17.3 Å². The summed E-state index contributed by atoms with van der Waals surface area (Å²) in [5, 5.41) is 7.49. The third kappa shape index (κ3) is 3.35. The number of hydrogen-bond donors (Lipinski definition) is 2. The van der Waals surface area contributed by atoms with Crippen molar-refractivity contribution in [2.24, 2.45) is 0 Å². The van der Waals surface area contributed by atoms with Crippen LogP contribution in [-0.2, 0) is 6.54 Å². The molecule has 9 nitrogen and oxygen atoms in total. The number of likely N-dealkylation sites (N-methyl/N-ethyl adjacent to an activating group) is 1. The Morgan fingerprint density at radius 3 is 2.73 bits per heavy atom. The first-order valence-electron chi connectivity index (χ1n) is 9.41. The maximum absolute atomic E-state index is 13.9. The molecule has 1 saturated heterocycles. The fraction of sp³-hybridized carbons (Fsp3) is 0.333. The van der Waals surface area contributed by atoms with Crippen LogP contribution in [0.1, 0.15) is 5.82 Å². The van der Waals surface area contributed by atoms with Gasteiger partial charge in [0.2, 0.25) is 11.9 Å². The van der Waals surface area contributed by atoms with E-state index >= 15 is 0 Å². The molecule has 0 radical (unpaired) electrons. The lowest BCUT2D eigenvalue weighted by Crippen LogP contribution is -2.45. The first kappa shape index (κ1) is 19.1. The fourth-order valence-electron chi connectivity index (χ4n) is 3.42. The van der Waals surface area contributed by atoms with Gasteiger partial charge in [-0.05, 0) is 35.1 Å². The zero-order valence-corrected chi connectivity index (χ0v) is 17.6. The molecule has 0 amide bonds. The summed E-state index contributed by atoms with van der Waals surface area (Å²) in [7, 11) is 2.09. The first-order chi connectivity index (χ1) is 14.5. The molecule has 0 unspecified atom stereocenters. The van der Waals surface area contributed by atoms with Crippen molar-refractivity contribution in [3.8, 4) is 0 Å². The van der Waals surface area contributed by atoms with Crippen LogP contribution in [0.5, 0.6) is 0 Å². The van der Waals surface area contributed by atoms with E-state index in [1.54, 1.807) is 10.7 Å². The SMILES string of the molecule is CN1CCN(c2nc(NCc3nc4c(F)c(F)ccc4[nH]3)n3ncc(Br)c3n2)CC1. The van der Waals surface area contributed by atoms with E-state index in [9.17, 15) is 8.78 Å². The van der Waals surface area contributed by atoms with Gasteiger partial charge in [0.1, 0.15) is 11.3 Å². The van der Waals surface area contributed by atoms with Crippen LogP contribution in [0.25, 0.3) is 16.7 Å². The number of aromatic amines is 1. The van der Waals surface area contributed by atoms with Crippen molar-refractivity contribution in [2.75, 3.05) is 43.4 Å². The van der Waals surface area contributed by atoms with E-state index in [2.05, 4.69) is 63.1 Å². The molecule has 5 rings (SSSR count). The van der Waals surface area contributed by atoms with E-state index in [0.717, 1.165) is 36.7 Å². The molecule has 0 spiro atoms. The standard InChI is InChI=1S/C18H18BrF2N9/c1-28-4-6-29(7-5-28)18-26-16-10(19)8-23-30(16)17(27-18)22-9-13-24-12-3-2-11(20)14(21)15(12)25-13/h2-3,8H,4-7,9H2,1H3,(H,24,25)(H,22,26,27). The molecule has 0 bridgehead atoms. The number of H-pyrrole nitrogens is 1. The van der Waals surface area contributed by atoms with E-state index in [1.165, 1.54) is 6.07 Å². The second-order valence-electron chi connectivity index (χ2n) is 7.16. The van der Waals surface area contributed by atoms with Crippen molar-refractivity contribution in [3.63, 3.8) is 0 Å². The van der Waals surface area contributed by atoms with E-state index < -0.39 is 11.6 Å². The molecular weight excluding hydrogens is 460 g/mol. The summed E-state index contributed by atoms with van der Waals surface area (Å²) < 4.78 is 29.7. The summed E-state index contributed by atoms with van der Waals surface area (Å²) in [4.78, 5) is 20.8. The number of anilines is 2. The highest BCUT2D eigenvalue weighted by molar-refractivity contribution is 9.10. The molecule has 1 aromatic carbocycles. The first-order valence-corrected chi connectivity index (χ1v) is 10.2. The van der Waals surface area contributed by atoms with Crippen LogP contribution in [0.15, 0.2) is 22.8 Å². The maximum atomic E-state index is 13.9. The topological polar surface area (TPSA) is 90.3 Å². The van der Waals surface area contributed by atoms with Crippen LogP contribution in [0.2, 0.25) is 0 Å². The van der Waals surface area contributed by atoms with Gasteiger partial charge >= 0.3 is 0 Å². The number of piperazine rings is 1. The average Bonchev–Trinajstić information content (AvgIpc) is 3.34. The highest BCUT2D eigenvalue weighted by atomic mass is 79.9. The number of benzene rings is 1. The molecule has 12 heteroatoms. The third-order valence-corrected chi connectivity index (χ3v) is 5.67. The zero-order valence-electron chi connectivity index (χ0n) is 16.0. The van der Waals surface area contributed by atoms with Crippen molar-refractivity contribution in [3.05, 3.63) is 40.3 Å². The number of halogens is 3. The zero-order chi connectivity index (χ0) is 20.8. The Morgan fingerprint density at radius 1 is 1.13 bits per heavy atom. The molecule has 2 N–H and O–H groups in total. The highest BCUT2D eigenvalue weighted by Crippen LogP contribution is 2.23. The molecule has 4 heterocycles. The monoisotopic (exact) mass is 477 g/mol. The van der Waals surface area contributed by atoms with Crippen LogP contribution in [0, 0.1) is 11.6 Å². The van der Waals surface area contributed by atoms with Gasteiger partial charge in [0.25, 0.3) is 0 Å². The summed E-state index contributed by atoms with van der Waals surface area (Å²) in [6.45, 7) is 3.73. The van der Waals surface area contributed by atoms with Crippen molar-refractivity contribution < 1.29 is 8.78 Å². The predicted octanol–water partition coefficient (Wildman–Crippen LogP) is 2.41. The van der Waals surface area contributed by atoms with Crippen LogP contribution >= 0.6 is 15.9 Å². The highest BCUT2D eigenvalue weighted by Gasteiger charge is 2.20. The minimum atomic E-state index is -0.965. The summed E-state index contributed by atoms with van der Waals surface area (Å²) in [5.74, 6) is -0.352. The number of nitrogens with zero attached hydrogens (tertiary/aromatic N) is 7. The van der Waals surface area contributed by atoms with Crippen molar-refractivity contribution in [1.29, 1.82) is 0 Å². The summed E-state index contributed by atoms with van der Waals surface area (Å²) in [6, 6.07) is 2.54. The lowest BCUT2D eigenvalue weighted by Gasteiger charge is -2.32. The number of hydrogen-bond acceptors (Lipinski definition) is 7. The fourth-order valence-corrected chi connectivity index (χ4v) is 3.77. The van der Waals surface area contributed by atoms with Crippen molar-refractivity contribution in [2.45, 2.75) is 6.54 Å². The minimum absolute atomic E-state index is 0.0282. The lowest BCUT2D eigenvalue weighted by molar-refractivity contribution is 0.311. The van der Waals surface area contributed by atoms with E-state index in [-0.39, 0.29) is 12.1 Å². The van der Waals surface area contributed by atoms with E-state index in [4.69, 9.17) is 0 Å². The van der Waals surface area contributed by atoms with Gasteiger partial charge in [-0.25, -0.2) is 13.8 Å². The number of fused-ring (bicyclic) bond motifs is 2. The average molecular weight is 478 g/mol. The Morgan fingerprint density at radius 2 is 1.93 bits per heavy atom. The third-order valence-electron chi connectivity index (χ3n) is 5.11. The summed E-state index contributed by atoms with van der Waals surface area (Å²) >= 11 is 3.48. The summed E-state index contributed by atoms with van der Waals surface area (Å²) in [5.41, 5.74) is 1.04. The van der Waals surface area contributed by atoms with E-state index in [1.807, 2.05) is 0 Å². The van der Waals surface area contributed by atoms with Crippen LogP contribution < -0.4 is 10.2 Å². The lowest BCUT2D eigenvalue weighted by atomic mass is 10.3. The number of nitrogens with one attached hydrogen (secondary N) is 2. The second-order valence-corrected chi connectivity index (χ2v) is 8.01. The maximum Gasteiger partial charge on any atom is 0.230 e. The molecule has 156 valence electrons. The van der Waals surface area contributed by atoms with Gasteiger partial charge in [0.05, 0.1) is 22.7 Å². The molecule has 0 saturated carbocycles. The number of rotatable bonds is 4. The molecule has 0 aliphatic carbocycles. The molecular formula is C18H18BrF2N9. The second kappa shape index (κ2) is 7.43. The quantitative estimate of drug-likeness (QED) is 0.466. The van der Waals surface area contributed by atoms with Crippen LogP contribution in [0.4, 0.5) is 20.7 Å². The molecule has 1 aliphatic rings. The Labute approximate surface area is 178 Å². The smallest absolute Gasteiger partial charge is 0.230 e. The van der Waals surface area contributed by atoms with Gasteiger partial charge in [-0.15, -0.1) is 0 Å². The van der Waals surface area contributed by atoms with Crippen molar-refractivity contribution >= 4 is 44.5 Å². The van der Waals surface area contributed by atoms with Gasteiger partial charge < -0.3 is 20.1 Å². The number of aromatic nitrogens is 6. The van der Waals surface area contributed by atoms with Crippen LogP contribution in [-0.4, -0.2) is 67.7 Å². The van der Waals surface area contributed by atoms with Gasteiger partial charge in [-0.2, -0.15) is 19.6 Å². The van der Waals surface area contributed by atoms with Gasteiger partial charge in [0, 0.05) is 26.2 Å². The van der Waals surface area contributed by atoms with Crippen LogP contribution in [0.3, 0.4) is 0 Å². The number of imidazole rings is 1. The van der Waals surface area contributed by atoms with Gasteiger partial charge in [-0.1, -0.05) is 0 Å². The Bertz CT molecular complexity index is 1230.